The third kappa shape index (κ3) is 4.28. The molecule has 0 fully saturated rings. The van der Waals surface area contributed by atoms with Crippen molar-refractivity contribution < 1.29 is 13.6 Å². The second-order valence-electron chi connectivity index (χ2n) is 8.00. The van der Waals surface area contributed by atoms with Gasteiger partial charge >= 0.3 is 0 Å². The molecule has 0 saturated heterocycles. The summed E-state index contributed by atoms with van der Waals surface area (Å²) in [6.45, 7) is 0.670. The number of fused-ring (bicyclic) bond motifs is 2. The van der Waals surface area contributed by atoms with Gasteiger partial charge < -0.3 is 0 Å². The zero-order chi connectivity index (χ0) is 22.9. The lowest BCUT2D eigenvalue weighted by molar-refractivity contribution is 0.102. The van der Waals surface area contributed by atoms with Gasteiger partial charge in [0.15, 0.2) is 16.8 Å². The van der Waals surface area contributed by atoms with Crippen molar-refractivity contribution in [3.05, 3.63) is 75.2 Å². The minimum absolute atomic E-state index is 0.0695. The number of thiazole rings is 1. The van der Waals surface area contributed by atoms with Crippen molar-refractivity contribution >= 4 is 33.3 Å². The summed E-state index contributed by atoms with van der Waals surface area (Å²) in [5.74, 6) is -1.52. The van der Waals surface area contributed by atoms with Crippen molar-refractivity contribution in [3.63, 3.8) is 0 Å². The van der Waals surface area contributed by atoms with Gasteiger partial charge in [0.25, 0.3) is 11.5 Å². The van der Waals surface area contributed by atoms with E-state index in [1.54, 1.807) is 28.1 Å². The third-order valence-electron chi connectivity index (χ3n) is 5.77. The lowest BCUT2D eigenvalue weighted by atomic mass is 10.1. The van der Waals surface area contributed by atoms with Crippen molar-refractivity contribution in [1.29, 1.82) is 0 Å². The molecule has 9 heteroatoms. The summed E-state index contributed by atoms with van der Waals surface area (Å²) in [6, 6.07) is 8.39. The second kappa shape index (κ2) is 8.82. The highest BCUT2D eigenvalue weighted by atomic mass is 32.1. The van der Waals surface area contributed by atoms with Gasteiger partial charge in [-0.2, -0.15) is 0 Å². The quantitative estimate of drug-likeness (QED) is 0.452. The lowest BCUT2D eigenvalue weighted by Crippen LogP contribution is -2.26. The van der Waals surface area contributed by atoms with Crippen LogP contribution < -0.4 is 10.9 Å². The molecule has 0 bridgehead atoms. The molecule has 0 radical (unpaired) electrons. The summed E-state index contributed by atoms with van der Waals surface area (Å²) >= 11 is 1.18. The van der Waals surface area contributed by atoms with Crippen LogP contribution in [0.25, 0.3) is 22.2 Å². The molecule has 6 nitrogen and oxygen atoms in total. The highest BCUT2D eigenvalue weighted by Gasteiger charge is 2.16. The van der Waals surface area contributed by atoms with E-state index in [1.165, 1.54) is 17.4 Å². The maximum atomic E-state index is 13.5. The fraction of sp³-hybridized carbons (Fsp3) is 0.250. The Morgan fingerprint density at radius 2 is 1.85 bits per heavy atom. The summed E-state index contributed by atoms with van der Waals surface area (Å²) < 4.78 is 28.4. The summed E-state index contributed by atoms with van der Waals surface area (Å²) in [5.41, 5.74) is 1.63. The summed E-state index contributed by atoms with van der Waals surface area (Å²) in [7, 11) is 0. The smallest absolute Gasteiger partial charge is 0.261 e. The Labute approximate surface area is 191 Å². The highest BCUT2D eigenvalue weighted by molar-refractivity contribution is 7.14. The number of aryl methyl sites for hydroxylation is 1. The molecule has 2 aromatic heterocycles. The normalized spacial score (nSPS) is 13.9. The van der Waals surface area contributed by atoms with Crippen LogP contribution >= 0.6 is 11.3 Å². The van der Waals surface area contributed by atoms with E-state index in [2.05, 4.69) is 10.3 Å². The molecular weight excluding hydrogens is 446 g/mol. The molecule has 1 amide bonds. The Balaban J connectivity index is 1.41. The van der Waals surface area contributed by atoms with E-state index in [4.69, 9.17) is 4.98 Å². The number of amides is 1. The first kappa shape index (κ1) is 21.4. The molecule has 2 aromatic carbocycles. The van der Waals surface area contributed by atoms with Gasteiger partial charge in [-0.15, -0.1) is 11.3 Å². The van der Waals surface area contributed by atoms with Crippen molar-refractivity contribution in [1.82, 2.24) is 14.5 Å². The number of hydrogen-bond donors (Lipinski definition) is 1. The first-order valence-corrected chi connectivity index (χ1v) is 11.6. The van der Waals surface area contributed by atoms with Gasteiger partial charge in [-0.3, -0.25) is 19.5 Å². The molecule has 1 aliphatic heterocycles. The average molecular weight is 467 g/mol. The van der Waals surface area contributed by atoms with Crippen LogP contribution in [-0.2, 0) is 13.0 Å². The van der Waals surface area contributed by atoms with Crippen molar-refractivity contribution in [2.24, 2.45) is 0 Å². The molecule has 33 heavy (non-hydrogen) atoms. The largest absolute Gasteiger partial charge is 0.298 e. The van der Waals surface area contributed by atoms with Gasteiger partial charge in [0, 0.05) is 29.5 Å². The van der Waals surface area contributed by atoms with E-state index in [9.17, 15) is 18.4 Å². The van der Waals surface area contributed by atoms with E-state index < -0.39 is 17.5 Å². The van der Waals surface area contributed by atoms with Crippen molar-refractivity contribution in [2.75, 3.05) is 5.32 Å². The molecule has 1 N–H and O–H groups in total. The molecule has 5 rings (SSSR count). The molecule has 0 aliphatic carbocycles. The van der Waals surface area contributed by atoms with Gasteiger partial charge in [0.1, 0.15) is 5.82 Å². The predicted octanol–water partition coefficient (Wildman–Crippen LogP) is 5.17. The van der Waals surface area contributed by atoms with Crippen LogP contribution in [0.4, 0.5) is 13.9 Å². The zero-order valence-corrected chi connectivity index (χ0v) is 18.4. The van der Waals surface area contributed by atoms with E-state index >= 15 is 0 Å². The lowest BCUT2D eigenvalue weighted by Gasteiger charge is -2.16. The number of carbonyl (C=O) groups is 1. The van der Waals surface area contributed by atoms with Gasteiger partial charge in [-0.25, -0.2) is 18.7 Å². The summed E-state index contributed by atoms with van der Waals surface area (Å²) in [5, 5.41) is 5.20. The van der Waals surface area contributed by atoms with Crippen molar-refractivity contribution in [3.8, 4) is 11.3 Å². The van der Waals surface area contributed by atoms with Crippen molar-refractivity contribution in [2.45, 2.75) is 38.6 Å². The Bertz CT molecular complexity index is 1430. The fourth-order valence-electron chi connectivity index (χ4n) is 4.02. The van der Waals surface area contributed by atoms with Crippen LogP contribution in [0.15, 0.2) is 46.6 Å². The fourth-order valence-corrected chi connectivity index (χ4v) is 4.74. The SMILES string of the molecule is O=C(Nc1nc(-c2ccc(F)c(F)c2)cs1)c1ccc2c(=O)n3c(nc2c1)CCCCCC3. The predicted molar refractivity (Wildman–Crippen MR) is 124 cm³/mol. The Morgan fingerprint density at radius 3 is 2.70 bits per heavy atom. The second-order valence-corrected chi connectivity index (χ2v) is 8.86. The molecule has 168 valence electrons. The van der Waals surface area contributed by atoms with Gasteiger partial charge in [-0.1, -0.05) is 12.8 Å². The summed E-state index contributed by atoms with van der Waals surface area (Å²) in [6.07, 6.45) is 4.92. The molecule has 0 unspecified atom stereocenters. The Hall–Kier alpha value is -3.46. The number of halogens is 2. The molecule has 0 saturated carbocycles. The minimum atomic E-state index is -0.959. The van der Waals surface area contributed by atoms with Crippen LogP contribution in [0.5, 0.6) is 0 Å². The van der Waals surface area contributed by atoms with Crippen LogP contribution in [0.1, 0.15) is 41.9 Å². The van der Waals surface area contributed by atoms with Crippen LogP contribution in [0.3, 0.4) is 0 Å². The first-order valence-electron chi connectivity index (χ1n) is 10.8. The zero-order valence-electron chi connectivity index (χ0n) is 17.6. The van der Waals surface area contributed by atoms with Gasteiger partial charge in [0.2, 0.25) is 0 Å². The number of carbonyl (C=O) groups excluding carboxylic acids is 1. The topological polar surface area (TPSA) is 76.9 Å². The average Bonchev–Trinajstić information content (AvgIpc) is 3.25. The number of hydrogen-bond acceptors (Lipinski definition) is 5. The standard InChI is InChI=1S/C24H20F2N4O2S/c25-17-9-7-14(11-18(17)26)20-13-33-24(28-20)29-22(31)15-6-8-16-19(12-15)27-21-5-3-1-2-4-10-30(21)23(16)32/h6-9,11-13H,1-5,10H2,(H,28,29,31). The first-order chi connectivity index (χ1) is 16.0. The summed E-state index contributed by atoms with van der Waals surface area (Å²) in [4.78, 5) is 34.8. The highest BCUT2D eigenvalue weighted by Crippen LogP contribution is 2.26. The Morgan fingerprint density at radius 1 is 1.00 bits per heavy atom. The number of aromatic nitrogens is 3. The number of nitrogens with zero attached hydrogens (tertiary/aromatic N) is 3. The number of anilines is 1. The molecule has 1 aliphatic rings. The maximum absolute atomic E-state index is 13.5. The Kier molecular flexibility index (Phi) is 5.72. The molecule has 3 heterocycles. The van der Waals surface area contributed by atoms with E-state index in [1.807, 2.05) is 0 Å². The molecule has 4 aromatic rings. The number of nitrogens with one attached hydrogen (secondary N) is 1. The molecule has 0 atom stereocenters. The van der Waals surface area contributed by atoms with Crippen LogP contribution in [0.2, 0.25) is 0 Å². The number of benzene rings is 2. The molecular formula is C24H20F2N4O2S. The third-order valence-corrected chi connectivity index (χ3v) is 6.53. The van der Waals surface area contributed by atoms with Gasteiger partial charge in [0.05, 0.1) is 16.6 Å². The van der Waals surface area contributed by atoms with E-state index in [-0.39, 0.29) is 5.56 Å². The van der Waals surface area contributed by atoms with Gasteiger partial charge in [-0.05, 0) is 49.2 Å². The monoisotopic (exact) mass is 466 g/mol. The van der Waals surface area contributed by atoms with E-state index in [0.29, 0.717) is 39.4 Å². The maximum Gasteiger partial charge on any atom is 0.261 e. The van der Waals surface area contributed by atoms with Crippen LogP contribution in [0, 0.1) is 11.6 Å². The molecule has 0 spiro atoms. The minimum Gasteiger partial charge on any atom is -0.298 e. The van der Waals surface area contributed by atoms with Crippen LogP contribution in [-0.4, -0.2) is 20.4 Å². The number of rotatable bonds is 3. The van der Waals surface area contributed by atoms with E-state index in [0.717, 1.165) is 50.1 Å².